The first kappa shape index (κ1) is 23.1. The van der Waals surface area contributed by atoms with E-state index in [9.17, 15) is 18.0 Å². The summed E-state index contributed by atoms with van der Waals surface area (Å²) in [5, 5.41) is 5.78. The fourth-order valence-electron chi connectivity index (χ4n) is 5.79. The van der Waals surface area contributed by atoms with Crippen molar-refractivity contribution in [3.63, 3.8) is 0 Å². The van der Waals surface area contributed by atoms with E-state index in [2.05, 4.69) is 15.5 Å². The topological polar surface area (TPSA) is 79.6 Å². The molecule has 2 aromatic rings. The Morgan fingerprint density at radius 3 is 2.32 bits per heavy atom. The number of nitrogens with zero attached hydrogens (tertiary/aromatic N) is 1. The zero-order valence-electron chi connectivity index (χ0n) is 18.7. The molecule has 2 saturated heterocycles. The maximum atomic E-state index is 14.2. The summed E-state index contributed by atoms with van der Waals surface area (Å²) in [7, 11) is 0. The summed E-state index contributed by atoms with van der Waals surface area (Å²) < 4.78 is 46.7. The number of urea groups is 1. The Morgan fingerprint density at radius 1 is 0.971 bits per heavy atom. The number of amides is 2. The number of nitrogens with one attached hydrogen (secondary N) is 2. The molecule has 3 aliphatic rings. The van der Waals surface area contributed by atoms with Gasteiger partial charge in [-0.3, -0.25) is 4.90 Å². The molecule has 5 unspecified atom stereocenters. The average molecular weight is 475 g/mol. The molecule has 2 heterocycles. The SMILES string of the molecule is NC1CC(N2CC3CC(NC(=O)Nc4ccc(F)cc4)CC3C2)COC1c1cc(F)ccc1F. The number of carbonyl (C=O) groups is 1. The molecule has 2 aromatic carbocycles. The van der Waals surface area contributed by atoms with Gasteiger partial charge in [-0.25, -0.2) is 18.0 Å². The first-order valence-electron chi connectivity index (χ1n) is 11.7. The monoisotopic (exact) mass is 474 g/mol. The van der Waals surface area contributed by atoms with Gasteiger partial charge in [0.15, 0.2) is 0 Å². The van der Waals surface area contributed by atoms with Crippen LogP contribution in [0.5, 0.6) is 0 Å². The van der Waals surface area contributed by atoms with Crippen LogP contribution >= 0.6 is 0 Å². The van der Waals surface area contributed by atoms with Gasteiger partial charge >= 0.3 is 6.03 Å². The second-order valence-corrected chi connectivity index (χ2v) is 9.72. The zero-order chi connectivity index (χ0) is 23.8. The number of fused-ring (bicyclic) bond motifs is 1. The van der Waals surface area contributed by atoms with Crippen LogP contribution in [0, 0.1) is 29.3 Å². The summed E-state index contributed by atoms with van der Waals surface area (Å²) in [4.78, 5) is 14.7. The third kappa shape index (κ3) is 4.92. The highest BCUT2D eigenvalue weighted by atomic mass is 19.1. The Hall–Kier alpha value is -2.62. The van der Waals surface area contributed by atoms with Crippen LogP contribution in [0.15, 0.2) is 42.5 Å². The molecular formula is C25H29F3N4O2. The van der Waals surface area contributed by atoms with E-state index in [1.165, 1.54) is 30.3 Å². The Labute approximate surface area is 196 Å². The Morgan fingerprint density at radius 2 is 1.65 bits per heavy atom. The van der Waals surface area contributed by atoms with Gasteiger partial charge in [-0.2, -0.15) is 0 Å². The maximum Gasteiger partial charge on any atom is 0.319 e. The molecule has 5 atom stereocenters. The van der Waals surface area contributed by atoms with Crippen LogP contribution in [0.2, 0.25) is 0 Å². The lowest BCUT2D eigenvalue weighted by Gasteiger charge is -2.39. The first-order valence-corrected chi connectivity index (χ1v) is 11.7. The lowest BCUT2D eigenvalue weighted by molar-refractivity contribution is -0.0485. The minimum atomic E-state index is -0.651. The number of carbonyl (C=O) groups excluding carboxylic acids is 1. The van der Waals surface area contributed by atoms with Crippen molar-refractivity contribution in [3.8, 4) is 0 Å². The van der Waals surface area contributed by atoms with Gasteiger partial charge in [0, 0.05) is 42.5 Å². The van der Waals surface area contributed by atoms with Crippen molar-refractivity contribution in [1.29, 1.82) is 0 Å². The van der Waals surface area contributed by atoms with Gasteiger partial charge in [0.25, 0.3) is 0 Å². The average Bonchev–Trinajstić information content (AvgIpc) is 3.36. The molecule has 3 fully saturated rings. The van der Waals surface area contributed by atoms with Crippen molar-refractivity contribution in [2.45, 2.75) is 43.5 Å². The molecule has 182 valence electrons. The number of likely N-dealkylation sites (tertiary alicyclic amines) is 1. The molecule has 0 aromatic heterocycles. The van der Waals surface area contributed by atoms with Crippen LogP contribution < -0.4 is 16.4 Å². The Balaban J connectivity index is 1.10. The molecule has 0 radical (unpaired) electrons. The molecule has 4 N–H and O–H groups in total. The van der Waals surface area contributed by atoms with Crippen LogP contribution in [0.1, 0.15) is 30.9 Å². The summed E-state index contributed by atoms with van der Waals surface area (Å²) in [5.41, 5.74) is 7.06. The first-order chi connectivity index (χ1) is 16.4. The molecule has 6 nitrogen and oxygen atoms in total. The van der Waals surface area contributed by atoms with E-state index < -0.39 is 23.8 Å². The third-order valence-corrected chi connectivity index (χ3v) is 7.40. The van der Waals surface area contributed by atoms with E-state index >= 15 is 0 Å². The predicted octanol–water partition coefficient (Wildman–Crippen LogP) is 3.79. The maximum absolute atomic E-state index is 14.2. The number of hydrogen-bond donors (Lipinski definition) is 3. The highest BCUT2D eigenvalue weighted by molar-refractivity contribution is 5.89. The largest absolute Gasteiger partial charge is 0.370 e. The number of anilines is 1. The quantitative estimate of drug-likeness (QED) is 0.630. The number of benzene rings is 2. The van der Waals surface area contributed by atoms with Crippen LogP contribution in [0.25, 0.3) is 0 Å². The van der Waals surface area contributed by atoms with Gasteiger partial charge in [-0.05, 0) is 73.6 Å². The van der Waals surface area contributed by atoms with E-state index in [4.69, 9.17) is 10.5 Å². The summed E-state index contributed by atoms with van der Waals surface area (Å²) >= 11 is 0. The van der Waals surface area contributed by atoms with E-state index in [0.717, 1.165) is 38.1 Å². The molecule has 34 heavy (non-hydrogen) atoms. The Bertz CT molecular complexity index is 1020. The van der Waals surface area contributed by atoms with E-state index in [0.29, 0.717) is 30.6 Å². The Kier molecular flexibility index (Phi) is 6.50. The lowest BCUT2D eigenvalue weighted by Crippen LogP contribution is -2.49. The molecule has 5 rings (SSSR count). The number of halogens is 3. The van der Waals surface area contributed by atoms with Gasteiger partial charge in [-0.1, -0.05) is 0 Å². The van der Waals surface area contributed by atoms with Crippen LogP contribution in [-0.2, 0) is 4.74 Å². The van der Waals surface area contributed by atoms with E-state index in [1.54, 1.807) is 0 Å². The van der Waals surface area contributed by atoms with Crippen molar-refractivity contribution in [2.24, 2.45) is 17.6 Å². The van der Waals surface area contributed by atoms with Crippen LogP contribution in [0.3, 0.4) is 0 Å². The molecule has 2 amide bonds. The van der Waals surface area contributed by atoms with Gasteiger partial charge < -0.3 is 21.1 Å². The molecular weight excluding hydrogens is 445 g/mol. The number of rotatable bonds is 4. The normalized spacial score (nSPS) is 31.3. The third-order valence-electron chi connectivity index (χ3n) is 7.40. The molecule has 1 saturated carbocycles. The van der Waals surface area contributed by atoms with Crippen molar-refractivity contribution in [1.82, 2.24) is 10.2 Å². The summed E-state index contributed by atoms with van der Waals surface area (Å²) in [6, 6.07) is 8.58. The molecule has 0 spiro atoms. The number of nitrogens with two attached hydrogens (primary N) is 1. The smallest absolute Gasteiger partial charge is 0.319 e. The second kappa shape index (κ2) is 9.56. The molecule has 1 aliphatic carbocycles. The number of hydrogen-bond acceptors (Lipinski definition) is 4. The zero-order valence-corrected chi connectivity index (χ0v) is 18.7. The van der Waals surface area contributed by atoms with E-state index in [1.807, 2.05) is 0 Å². The van der Waals surface area contributed by atoms with Gasteiger partial charge in [0.2, 0.25) is 0 Å². The van der Waals surface area contributed by atoms with Crippen molar-refractivity contribution < 1.29 is 22.7 Å². The minimum Gasteiger partial charge on any atom is -0.370 e. The minimum absolute atomic E-state index is 0.0998. The highest BCUT2D eigenvalue weighted by Gasteiger charge is 2.45. The predicted molar refractivity (Wildman–Crippen MR) is 122 cm³/mol. The summed E-state index contributed by atoms with van der Waals surface area (Å²) in [5.74, 6) is -0.397. The van der Waals surface area contributed by atoms with Gasteiger partial charge in [0.1, 0.15) is 23.6 Å². The standard InChI is InChI=1S/C25H29F3N4O2/c26-16-1-4-18(5-2-16)30-25(33)31-19-7-14-11-32(12-15(14)8-19)20-10-23(29)24(34-13-20)21-9-17(27)3-6-22(21)28/h1-6,9,14-15,19-20,23-24H,7-8,10-13,29H2,(H2,30,31,33). The van der Waals surface area contributed by atoms with Crippen LogP contribution in [-0.4, -0.2) is 48.8 Å². The van der Waals surface area contributed by atoms with Crippen molar-refractivity contribution in [3.05, 3.63) is 65.5 Å². The van der Waals surface area contributed by atoms with E-state index in [-0.39, 0.29) is 29.5 Å². The van der Waals surface area contributed by atoms with Crippen molar-refractivity contribution in [2.75, 3.05) is 25.0 Å². The van der Waals surface area contributed by atoms with Gasteiger partial charge in [0.05, 0.1) is 6.61 Å². The fourth-order valence-corrected chi connectivity index (χ4v) is 5.79. The van der Waals surface area contributed by atoms with Crippen molar-refractivity contribution >= 4 is 11.7 Å². The molecule has 9 heteroatoms. The lowest BCUT2D eigenvalue weighted by atomic mass is 9.93. The summed E-state index contributed by atoms with van der Waals surface area (Å²) in [6.07, 6.45) is 1.80. The van der Waals surface area contributed by atoms with Crippen LogP contribution in [0.4, 0.5) is 23.7 Å². The number of ether oxygens (including phenoxy) is 1. The van der Waals surface area contributed by atoms with Gasteiger partial charge in [-0.15, -0.1) is 0 Å². The highest BCUT2D eigenvalue weighted by Crippen LogP contribution is 2.41. The summed E-state index contributed by atoms with van der Waals surface area (Å²) in [6.45, 7) is 2.24. The molecule has 2 aliphatic heterocycles. The second-order valence-electron chi connectivity index (χ2n) is 9.72. The fraction of sp³-hybridized carbons (Fsp3) is 0.480. The molecule has 0 bridgehead atoms.